The van der Waals surface area contributed by atoms with Crippen molar-refractivity contribution in [1.82, 2.24) is 21.3 Å². The van der Waals surface area contributed by atoms with E-state index in [4.69, 9.17) is 16.6 Å². The number of hydrogen-bond donors (Lipinski definition) is 10. The second-order valence-electron chi connectivity index (χ2n) is 9.27. The van der Waals surface area contributed by atoms with Crippen LogP contribution in [-0.4, -0.2) is 105 Å². The van der Waals surface area contributed by atoms with Crippen LogP contribution >= 0.6 is 0 Å². The molecule has 0 heterocycles. The highest BCUT2D eigenvalue weighted by Crippen LogP contribution is 2.06. The van der Waals surface area contributed by atoms with Gasteiger partial charge in [0.05, 0.1) is 25.2 Å². The highest BCUT2D eigenvalue weighted by molar-refractivity contribution is 5.96. The average Bonchev–Trinajstić information content (AvgIpc) is 2.81. The number of rotatable bonds is 18. The third kappa shape index (κ3) is 13.5. The molecule has 17 heteroatoms. The molecule has 0 aromatic carbocycles. The van der Waals surface area contributed by atoms with Gasteiger partial charge in [0.25, 0.3) is 0 Å². The zero-order chi connectivity index (χ0) is 30.4. The van der Waals surface area contributed by atoms with Crippen molar-refractivity contribution in [2.45, 2.75) is 82.8 Å². The van der Waals surface area contributed by atoms with E-state index in [1.54, 1.807) is 13.8 Å². The van der Waals surface area contributed by atoms with Gasteiger partial charge in [-0.1, -0.05) is 13.8 Å². The van der Waals surface area contributed by atoms with E-state index >= 15 is 0 Å². The van der Waals surface area contributed by atoms with E-state index in [0.717, 1.165) is 6.92 Å². The molecular formula is C22H38N6O11. The van der Waals surface area contributed by atoms with Gasteiger partial charge in [-0.15, -0.1) is 0 Å². The maximum atomic E-state index is 12.8. The highest BCUT2D eigenvalue weighted by atomic mass is 16.4. The molecule has 0 saturated carbocycles. The van der Waals surface area contributed by atoms with Crippen LogP contribution in [0.3, 0.4) is 0 Å². The Labute approximate surface area is 224 Å². The lowest BCUT2D eigenvalue weighted by molar-refractivity contribution is -0.143. The first-order valence-corrected chi connectivity index (χ1v) is 12.0. The van der Waals surface area contributed by atoms with Gasteiger partial charge in [-0.2, -0.15) is 0 Å². The fraction of sp³-hybridized carbons (Fsp3) is 0.682. The number of carboxylic acid groups (broad SMARTS) is 2. The van der Waals surface area contributed by atoms with Crippen LogP contribution in [-0.2, 0) is 33.6 Å². The molecule has 12 N–H and O–H groups in total. The topological polar surface area (TPSA) is 301 Å². The third-order valence-corrected chi connectivity index (χ3v) is 5.24. The van der Waals surface area contributed by atoms with Crippen molar-refractivity contribution in [3.63, 3.8) is 0 Å². The minimum absolute atomic E-state index is 0.0616. The minimum Gasteiger partial charge on any atom is -0.481 e. The minimum atomic E-state index is -1.76. The number of hydrogen-bond acceptors (Lipinski definition) is 10. The summed E-state index contributed by atoms with van der Waals surface area (Å²) in [5, 5.41) is 46.5. The number of aliphatic hydroxyl groups is 2. The summed E-state index contributed by atoms with van der Waals surface area (Å²) in [6.45, 7) is 3.60. The van der Waals surface area contributed by atoms with E-state index in [1.807, 2.05) is 0 Å². The predicted octanol–water partition coefficient (Wildman–Crippen LogP) is -4.50. The van der Waals surface area contributed by atoms with Gasteiger partial charge < -0.3 is 53.2 Å². The van der Waals surface area contributed by atoms with Crippen molar-refractivity contribution in [1.29, 1.82) is 0 Å². The largest absolute Gasteiger partial charge is 0.481 e. The summed E-state index contributed by atoms with van der Waals surface area (Å²) in [5.41, 5.74) is 10.5. The molecule has 0 saturated heterocycles. The zero-order valence-corrected chi connectivity index (χ0v) is 21.9. The van der Waals surface area contributed by atoms with Crippen LogP contribution in [0.25, 0.3) is 0 Å². The third-order valence-electron chi connectivity index (χ3n) is 5.24. The lowest BCUT2D eigenvalue weighted by Crippen LogP contribution is -2.61. The van der Waals surface area contributed by atoms with Crippen LogP contribution in [0.2, 0.25) is 0 Å². The second kappa shape index (κ2) is 16.9. The number of amides is 5. The molecule has 5 amide bonds. The van der Waals surface area contributed by atoms with E-state index in [-0.39, 0.29) is 12.3 Å². The number of nitrogens with one attached hydrogen (secondary N) is 4. The van der Waals surface area contributed by atoms with Crippen molar-refractivity contribution in [3.8, 4) is 0 Å². The van der Waals surface area contributed by atoms with Gasteiger partial charge >= 0.3 is 11.9 Å². The number of carboxylic acids is 2. The van der Waals surface area contributed by atoms with E-state index in [9.17, 15) is 48.9 Å². The maximum Gasteiger partial charge on any atom is 0.326 e. The van der Waals surface area contributed by atoms with Gasteiger partial charge in [0.1, 0.15) is 24.2 Å². The Morgan fingerprint density at radius 3 is 1.72 bits per heavy atom. The summed E-state index contributed by atoms with van der Waals surface area (Å²) in [6.07, 6.45) is -3.15. The van der Waals surface area contributed by atoms with Gasteiger partial charge in [0.15, 0.2) is 0 Å². The Morgan fingerprint density at radius 2 is 1.28 bits per heavy atom. The van der Waals surface area contributed by atoms with Crippen LogP contribution in [0.5, 0.6) is 0 Å². The van der Waals surface area contributed by atoms with Gasteiger partial charge in [-0.05, 0) is 25.7 Å². The molecule has 0 bridgehead atoms. The van der Waals surface area contributed by atoms with Crippen molar-refractivity contribution in [2.75, 3.05) is 6.61 Å². The van der Waals surface area contributed by atoms with Crippen LogP contribution in [0.1, 0.15) is 46.5 Å². The first-order valence-electron chi connectivity index (χ1n) is 12.0. The Balaban J connectivity index is 5.61. The number of nitrogens with two attached hydrogens (primary N) is 2. The first-order chi connectivity index (χ1) is 18.0. The first kappa shape index (κ1) is 35.2. The Bertz CT molecular complexity index is 911. The van der Waals surface area contributed by atoms with Gasteiger partial charge in [0.2, 0.25) is 29.5 Å². The molecule has 0 unspecified atom stereocenters. The SMILES string of the molecule is CC(C)C[C@H](NC(=O)[C@H](CO)NC(=O)[C@@H](NC(=O)[C@H](CCC(=O)O)NC(=O)[C@@H](N)CC(N)=O)[C@@H](C)O)C(=O)O. The fourth-order valence-corrected chi connectivity index (χ4v) is 3.20. The van der Waals surface area contributed by atoms with Crippen LogP contribution < -0.4 is 32.7 Å². The summed E-state index contributed by atoms with van der Waals surface area (Å²) in [6, 6.07) is -7.73. The highest BCUT2D eigenvalue weighted by Gasteiger charge is 2.34. The Morgan fingerprint density at radius 1 is 0.769 bits per heavy atom. The molecule has 0 fully saturated rings. The Hall–Kier alpha value is -3.83. The normalized spacial score (nSPS) is 15.6. The summed E-state index contributed by atoms with van der Waals surface area (Å²) < 4.78 is 0. The molecule has 39 heavy (non-hydrogen) atoms. The number of carbonyl (C=O) groups is 7. The molecule has 222 valence electrons. The number of aliphatic hydroxyl groups excluding tert-OH is 2. The smallest absolute Gasteiger partial charge is 0.326 e. The predicted molar refractivity (Wildman–Crippen MR) is 132 cm³/mol. The van der Waals surface area contributed by atoms with Crippen molar-refractivity contribution < 1.29 is 54.0 Å². The number of primary amides is 1. The number of carbonyl (C=O) groups excluding carboxylic acids is 5. The van der Waals surface area contributed by atoms with Crippen molar-refractivity contribution >= 4 is 41.5 Å². The van der Waals surface area contributed by atoms with Crippen LogP contribution in [0, 0.1) is 5.92 Å². The Kier molecular flexibility index (Phi) is 15.2. The molecule has 0 radical (unpaired) electrons. The summed E-state index contributed by atoms with van der Waals surface area (Å²) in [4.78, 5) is 83.8. The molecule has 0 aliphatic rings. The van der Waals surface area contributed by atoms with E-state index in [1.165, 1.54) is 0 Å². The summed E-state index contributed by atoms with van der Waals surface area (Å²) in [7, 11) is 0. The standard InChI is InChI=1S/C22H38N6O11/c1-9(2)6-13(22(38)39)26-20(36)14(8-29)27-21(37)17(10(3)30)28-19(35)12(4-5-16(32)33)25-18(34)11(23)7-15(24)31/h9-14,17,29-30H,4-8,23H2,1-3H3,(H2,24,31)(H,25,34)(H,26,36)(H,27,37)(H,28,35)(H,32,33)(H,38,39)/t10-,11+,12+,13+,14+,17+/m1/s1. The lowest BCUT2D eigenvalue weighted by atomic mass is 10.0. The van der Waals surface area contributed by atoms with Gasteiger partial charge in [-0.3, -0.25) is 28.8 Å². The van der Waals surface area contributed by atoms with Crippen LogP contribution in [0.4, 0.5) is 0 Å². The molecule has 0 aliphatic heterocycles. The molecule has 0 rings (SSSR count). The molecule has 0 aromatic rings. The molecule has 0 aromatic heterocycles. The maximum absolute atomic E-state index is 12.8. The molecule has 0 aliphatic carbocycles. The summed E-state index contributed by atoms with van der Waals surface area (Å²) in [5.74, 6) is -7.98. The van der Waals surface area contributed by atoms with Gasteiger partial charge in [0, 0.05) is 6.42 Å². The lowest BCUT2D eigenvalue weighted by Gasteiger charge is -2.27. The summed E-state index contributed by atoms with van der Waals surface area (Å²) >= 11 is 0. The molecule has 0 spiro atoms. The van der Waals surface area contributed by atoms with E-state index < -0.39 is 104 Å². The second-order valence-corrected chi connectivity index (χ2v) is 9.27. The van der Waals surface area contributed by atoms with Crippen molar-refractivity contribution in [3.05, 3.63) is 0 Å². The average molecular weight is 563 g/mol. The van der Waals surface area contributed by atoms with E-state index in [0.29, 0.717) is 0 Å². The molecular weight excluding hydrogens is 524 g/mol. The number of aliphatic carboxylic acids is 2. The molecule has 17 nitrogen and oxygen atoms in total. The fourth-order valence-electron chi connectivity index (χ4n) is 3.20. The monoisotopic (exact) mass is 562 g/mol. The van der Waals surface area contributed by atoms with E-state index in [2.05, 4.69) is 21.3 Å². The van der Waals surface area contributed by atoms with Crippen LogP contribution in [0.15, 0.2) is 0 Å². The van der Waals surface area contributed by atoms with Crippen molar-refractivity contribution in [2.24, 2.45) is 17.4 Å². The zero-order valence-electron chi connectivity index (χ0n) is 21.9. The quantitative estimate of drug-likeness (QED) is 0.0756. The molecule has 6 atom stereocenters. The van der Waals surface area contributed by atoms with Gasteiger partial charge in [-0.25, -0.2) is 4.79 Å².